The minimum absolute atomic E-state index is 0.218. The van der Waals surface area contributed by atoms with E-state index in [2.05, 4.69) is 39.7 Å². The Kier molecular flexibility index (Phi) is 7.74. The van der Waals surface area contributed by atoms with Crippen LogP contribution in [0.2, 0.25) is 0 Å². The molecule has 35 heavy (non-hydrogen) atoms. The normalized spacial score (nSPS) is 10.9. The first-order valence-corrected chi connectivity index (χ1v) is 11.6. The molecule has 2 N–H and O–H groups in total. The van der Waals surface area contributed by atoms with Gasteiger partial charge in [-0.3, -0.25) is 9.69 Å². The summed E-state index contributed by atoms with van der Waals surface area (Å²) in [5, 5.41) is 14.9. The highest BCUT2D eigenvalue weighted by molar-refractivity contribution is 6.06. The van der Waals surface area contributed by atoms with Gasteiger partial charge in [-0.05, 0) is 67.7 Å². The number of rotatable bonds is 10. The number of anilines is 3. The van der Waals surface area contributed by atoms with E-state index < -0.39 is 0 Å². The summed E-state index contributed by atoms with van der Waals surface area (Å²) in [4.78, 5) is 14.9. The number of para-hydroxylation sites is 1. The number of ether oxygens (including phenoxy) is 1. The summed E-state index contributed by atoms with van der Waals surface area (Å²) in [6.07, 6.45) is 1.97. The molecule has 180 valence electrons. The minimum atomic E-state index is -0.218. The Hall–Kier alpha value is -4.17. The molecule has 3 aromatic carbocycles. The molecule has 0 aliphatic heterocycles. The SMILES string of the molecule is CCN(CC)Cc1cn(-c2cccc(Nc3ccc(NC(=O)c4ccccc4OC)cc3)c2)nn1. The first-order valence-electron chi connectivity index (χ1n) is 11.6. The van der Waals surface area contributed by atoms with Gasteiger partial charge in [-0.15, -0.1) is 5.10 Å². The zero-order valence-electron chi connectivity index (χ0n) is 20.2. The molecule has 0 radical (unpaired) electrons. The summed E-state index contributed by atoms with van der Waals surface area (Å²) in [6, 6.07) is 22.7. The quantitative estimate of drug-likeness (QED) is 0.335. The van der Waals surface area contributed by atoms with Crippen LogP contribution < -0.4 is 15.4 Å². The molecule has 0 unspecified atom stereocenters. The molecule has 0 atom stereocenters. The first kappa shape index (κ1) is 24.0. The van der Waals surface area contributed by atoms with Gasteiger partial charge >= 0.3 is 0 Å². The smallest absolute Gasteiger partial charge is 0.259 e. The summed E-state index contributed by atoms with van der Waals surface area (Å²) in [6.45, 7) is 7.02. The molecule has 0 fully saturated rings. The van der Waals surface area contributed by atoms with Crippen LogP contribution in [0.15, 0.2) is 79.0 Å². The molecule has 4 aromatic rings. The number of benzene rings is 3. The topological polar surface area (TPSA) is 84.3 Å². The molecule has 0 spiro atoms. The van der Waals surface area contributed by atoms with Crippen molar-refractivity contribution in [2.45, 2.75) is 20.4 Å². The van der Waals surface area contributed by atoms with Gasteiger partial charge < -0.3 is 15.4 Å². The van der Waals surface area contributed by atoms with Gasteiger partial charge in [-0.1, -0.05) is 37.3 Å². The first-order chi connectivity index (χ1) is 17.1. The van der Waals surface area contributed by atoms with E-state index >= 15 is 0 Å². The van der Waals surface area contributed by atoms with Crippen LogP contribution in [0.1, 0.15) is 29.9 Å². The summed E-state index contributed by atoms with van der Waals surface area (Å²) in [5.41, 5.74) is 4.88. The predicted octanol–water partition coefficient (Wildman–Crippen LogP) is 5.11. The van der Waals surface area contributed by atoms with Gasteiger partial charge in [0.2, 0.25) is 0 Å². The van der Waals surface area contributed by atoms with Crippen molar-refractivity contribution in [3.05, 3.63) is 90.3 Å². The Morgan fingerprint density at radius 1 is 0.943 bits per heavy atom. The number of nitrogens with zero attached hydrogens (tertiary/aromatic N) is 4. The number of methoxy groups -OCH3 is 1. The van der Waals surface area contributed by atoms with E-state index in [4.69, 9.17) is 4.74 Å². The number of aromatic nitrogens is 3. The van der Waals surface area contributed by atoms with Crippen LogP contribution in [0.4, 0.5) is 17.1 Å². The summed E-state index contributed by atoms with van der Waals surface area (Å²) >= 11 is 0. The second kappa shape index (κ2) is 11.3. The van der Waals surface area contributed by atoms with Crippen LogP contribution in [0.3, 0.4) is 0 Å². The van der Waals surface area contributed by atoms with Crippen LogP contribution in [-0.2, 0) is 6.54 Å². The molecular weight excluding hydrogens is 440 g/mol. The molecule has 1 aromatic heterocycles. The van der Waals surface area contributed by atoms with Gasteiger partial charge in [0.25, 0.3) is 5.91 Å². The Morgan fingerprint density at radius 3 is 2.43 bits per heavy atom. The number of carbonyl (C=O) groups excluding carboxylic acids is 1. The zero-order chi connectivity index (χ0) is 24.6. The van der Waals surface area contributed by atoms with Crippen LogP contribution in [0, 0.1) is 0 Å². The number of hydrogen-bond donors (Lipinski definition) is 2. The molecule has 0 aliphatic carbocycles. The maximum Gasteiger partial charge on any atom is 0.259 e. The Balaban J connectivity index is 1.41. The van der Waals surface area contributed by atoms with Crippen LogP contribution in [0.25, 0.3) is 5.69 Å². The van der Waals surface area contributed by atoms with Gasteiger partial charge in [-0.2, -0.15) is 0 Å². The molecule has 1 heterocycles. The van der Waals surface area contributed by atoms with Crippen LogP contribution in [0.5, 0.6) is 5.75 Å². The molecule has 0 aliphatic rings. The zero-order valence-corrected chi connectivity index (χ0v) is 20.2. The molecule has 0 saturated carbocycles. The van der Waals surface area contributed by atoms with Crippen molar-refractivity contribution >= 4 is 23.0 Å². The average Bonchev–Trinajstić information content (AvgIpc) is 3.37. The van der Waals surface area contributed by atoms with Crippen molar-refractivity contribution in [2.75, 3.05) is 30.8 Å². The number of carbonyl (C=O) groups is 1. The van der Waals surface area contributed by atoms with Gasteiger partial charge in [0.15, 0.2) is 0 Å². The van der Waals surface area contributed by atoms with E-state index in [1.54, 1.807) is 23.9 Å². The largest absolute Gasteiger partial charge is 0.496 e. The molecule has 1 amide bonds. The highest BCUT2D eigenvalue weighted by Crippen LogP contribution is 2.23. The van der Waals surface area contributed by atoms with E-state index in [-0.39, 0.29) is 5.91 Å². The highest BCUT2D eigenvalue weighted by Gasteiger charge is 2.12. The monoisotopic (exact) mass is 470 g/mol. The molecule has 8 heteroatoms. The van der Waals surface area contributed by atoms with Crippen LogP contribution >= 0.6 is 0 Å². The van der Waals surface area contributed by atoms with Crippen molar-refractivity contribution in [3.8, 4) is 11.4 Å². The summed E-state index contributed by atoms with van der Waals surface area (Å²) in [7, 11) is 1.55. The predicted molar refractivity (Wildman–Crippen MR) is 139 cm³/mol. The Bertz CT molecular complexity index is 1260. The van der Waals surface area contributed by atoms with Crippen LogP contribution in [-0.4, -0.2) is 46.0 Å². The third kappa shape index (κ3) is 6.04. The lowest BCUT2D eigenvalue weighted by Gasteiger charge is -2.15. The van der Waals surface area contributed by atoms with Gasteiger partial charge in [-0.25, -0.2) is 4.68 Å². The molecule has 0 bridgehead atoms. The maximum absolute atomic E-state index is 12.6. The Morgan fingerprint density at radius 2 is 1.69 bits per heavy atom. The third-order valence-electron chi connectivity index (χ3n) is 5.71. The van der Waals surface area contributed by atoms with Gasteiger partial charge in [0.05, 0.1) is 30.3 Å². The van der Waals surface area contributed by atoms with Crippen molar-refractivity contribution in [2.24, 2.45) is 0 Å². The highest BCUT2D eigenvalue weighted by atomic mass is 16.5. The fourth-order valence-electron chi connectivity index (χ4n) is 3.73. The fraction of sp³-hybridized carbons (Fsp3) is 0.222. The maximum atomic E-state index is 12.6. The van der Waals surface area contributed by atoms with Gasteiger partial charge in [0, 0.05) is 23.6 Å². The van der Waals surface area contributed by atoms with Crippen molar-refractivity contribution in [1.29, 1.82) is 0 Å². The molecular formula is C27H30N6O2. The Labute approximate surface area is 205 Å². The summed E-state index contributed by atoms with van der Waals surface area (Å²) in [5.74, 6) is 0.319. The number of amides is 1. The summed E-state index contributed by atoms with van der Waals surface area (Å²) < 4.78 is 7.07. The second-order valence-corrected chi connectivity index (χ2v) is 8.02. The van der Waals surface area contributed by atoms with E-state index in [9.17, 15) is 4.79 Å². The van der Waals surface area contributed by atoms with E-state index in [1.165, 1.54) is 0 Å². The fourth-order valence-corrected chi connectivity index (χ4v) is 3.73. The standard InChI is InChI=1S/C27H30N6O2/c1-4-32(5-2)18-23-19-33(31-30-23)24-10-8-9-22(17-24)28-20-13-15-21(16-14-20)29-27(34)25-11-6-7-12-26(25)35-3/h6-17,19,28H,4-5,18H2,1-3H3,(H,29,34). The lowest BCUT2D eigenvalue weighted by molar-refractivity contribution is 0.102. The molecule has 0 saturated heterocycles. The lowest BCUT2D eigenvalue weighted by atomic mass is 10.2. The van der Waals surface area contributed by atoms with E-state index in [0.717, 1.165) is 42.4 Å². The second-order valence-electron chi connectivity index (χ2n) is 8.02. The van der Waals surface area contributed by atoms with Crippen molar-refractivity contribution in [1.82, 2.24) is 19.9 Å². The average molecular weight is 471 g/mol. The van der Waals surface area contributed by atoms with Crippen molar-refractivity contribution in [3.63, 3.8) is 0 Å². The molecule has 8 nitrogen and oxygen atoms in total. The minimum Gasteiger partial charge on any atom is -0.496 e. The molecule has 4 rings (SSSR count). The lowest BCUT2D eigenvalue weighted by Crippen LogP contribution is -2.22. The van der Waals surface area contributed by atoms with Gasteiger partial charge in [0.1, 0.15) is 5.75 Å². The van der Waals surface area contributed by atoms with Crippen molar-refractivity contribution < 1.29 is 9.53 Å². The van der Waals surface area contributed by atoms with E-state index in [0.29, 0.717) is 17.0 Å². The third-order valence-corrected chi connectivity index (χ3v) is 5.71. The number of nitrogens with one attached hydrogen (secondary N) is 2. The number of hydrogen-bond acceptors (Lipinski definition) is 6. The van der Waals surface area contributed by atoms with E-state index in [1.807, 2.05) is 66.9 Å².